The number of anilines is 6. The van der Waals surface area contributed by atoms with Gasteiger partial charge in [0.15, 0.2) is 0 Å². The molecule has 324 valence electrons. The Kier molecular flexibility index (Phi) is 14.6. The van der Waals surface area contributed by atoms with Gasteiger partial charge in [0, 0.05) is 22.7 Å². The van der Waals surface area contributed by atoms with Crippen LogP contribution in [-0.2, 0) is 10.8 Å². The first-order chi connectivity index (χ1) is 35.8. The molecule has 10 rings (SSSR count). The van der Waals surface area contributed by atoms with E-state index in [2.05, 4.69) is 40.7 Å². The van der Waals surface area contributed by atoms with Crippen LogP contribution in [0.4, 0.5) is 34.1 Å². The molecule has 0 amide bonds. The maximum Gasteiger partial charge on any atom is 0.115 e. The molecule has 2 aliphatic heterocycles. The Morgan fingerprint density at radius 1 is 0.382 bits per heavy atom. The van der Waals surface area contributed by atoms with E-state index in [4.69, 9.17) is 133 Å². The van der Waals surface area contributed by atoms with Crippen molar-refractivity contribution in [3.63, 3.8) is 0 Å². The average Bonchev–Trinajstić information content (AvgIpc) is 3.43. The van der Waals surface area contributed by atoms with E-state index in [9.17, 15) is 0 Å². The minimum Gasteiger partial charge on any atom is -0.311 e. The van der Waals surface area contributed by atoms with Crippen molar-refractivity contribution in [2.24, 2.45) is 0 Å². The van der Waals surface area contributed by atoms with E-state index in [1.54, 1.807) is 0 Å². The second kappa shape index (κ2) is 20.0. The fourth-order valence-electron chi connectivity index (χ4n) is 10.9. The van der Waals surface area contributed by atoms with Gasteiger partial charge >= 0.3 is 0 Å². The van der Waals surface area contributed by atoms with Gasteiger partial charge in [0.2, 0.25) is 0 Å². The van der Waals surface area contributed by atoms with Crippen molar-refractivity contribution in [2.45, 2.75) is 58.8 Å². The van der Waals surface area contributed by atoms with Crippen molar-refractivity contribution in [3.05, 3.63) is 124 Å². The van der Waals surface area contributed by atoms with Crippen molar-refractivity contribution in [2.75, 3.05) is 9.80 Å². The first kappa shape index (κ1) is 55.2. The highest BCUT2D eigenvalue weighted by molar-refractivity contribution is 6.71. The molecule has 2 heterocycles. The molecule has 19 heteroatoms. The van der Waals surface area contributed by atoms with E-state index in [-0.39, 0.29) is 110 Å². The molecular weight excluding hydrogens is 896 g/mol. The largest absolute Gasteiger partial charge is 0.311 e. The molecule has 0 saturated carbocycles. The first-order valence-corrected chi connectivity index (χ1v) is 24.6. The molecule has 0 unspecified atom stereocenters. The minimum atomic E-state index is -1.60. The SMILES string of the molecule is CCC.[B]c1c([B])c([B])c(-c2c([B])c([B])c(N3c4ccc(C)cc4C4(c5cc(C(C)(C)C)ccc53)c3c([B])c([B])c([B])c([B])c3N(c3ccc(-c5ccccc5)cc3)c3c([B])c([B])c([B])c([B])c34)c([B])c2[B])c([B])c1[B]. The predicted molar refractivity (Wildman–Crippen MR) is 343 cm³/mol. The zero-order valence-corrected chi connectivity index (χ0v) is 43.6. The summed E-state index contributed by atoms with van der Waals surface area (Å²) < 4.78 is 0. The van der Waals surface area contributed by atoms with Gasteiger partial charge in [0.25, 0.3) is 0 Å². The highest BCUT2D eigenvalue weighted by Gasteiger charge is 2.55. The number of fused-ring (bicyclic) bond motifs is 8. The number of rotatable bonds is 4. The van der Waals surface area contributed by atoms with E-state index >= 15 is 0 Å². The van der Waals surface area contributed by atoms with Crippen LogP contribution in [0, 0.1) is 6.92 Å². The fourth-order valence-corrected chi connectivity index (χ4v) is 10.9. The van der Waals surface area contributed by atoms with Crippen LogP contribution in [0.1, 0.15) is 74.4 Å². The van der Waals surface area contributed by atoms with Gasteiger partial charge in [-0.15, -0.1) is 38.2 Å². The van der Waals surface area contributed by atoms with Gasteiger partial charge in [-0.3, -0.25) is 0 Å². The summed E-state index contributed by atoms with van der Waals surface area (Å²) >= 11 is 0. The molecule has 0 bridgehead atoms. The van der Waals surface area contributed by atoms with Gasteiger partial charge in [0.1, 0.15) is 133 Å². The molecule has 0 aliphatic carbocycles. The van der Waals surface area contributed by atoms with Crippen molar-refractivity contribution in [3.8, 4) is 22.3 Å². The Labute approximate surface area is 472 Å². The highest BCUT2D eigenvalue weighted by atomic mass is 15.2. The number of hydrogen-bond acceptors (Lipinski definition) is 2. The first-order valence-electron chi connectivity index (χ1n) is 24.6. The average molecular weight is 932 g/mol. The molecular formula is C57H35B17N2. The molecule has 8 aromatic carbocycles. The Balaban J connectivity index is 0.00000230. The monoisotopic (exact) mass is 934 g/mol. The summed E-state index contributed by atoms with van der Waals surface area (Å²) in [5.41, 5.74) is 7.24. The van der Waals surface area contributed by atoms with Crippen molar-refractivity contribution >= 4 is 260 Å². The maximum atomic E-state index is 7.52. The molecule has 0 aromatic heterocycles. The molecule has 2 aliphatic rings. The normalized spacial score (nSPS) is 13.1. The summed E-state index contributed by atoms with van der Waals surface area (Å²) in [6.07, 6.45) is 1.25. The molecule has 8 aromatic rings. The Morgan fingerprint density at radius 2 is 0.750 bits per heavy atom. The predicted octanol–water partition coefficient (Wildman–Crippen LogP) is -4.51. The van der Waals surface area contributed by atoms with E-state index in [1.807, 2.05) is 102 Å². The van der Waals surface area contributed by atoms with Gasteiger partial charge in [0.05, 0.1) is 16.8 Å². The summed E-state index contributed by atoms with van der Waals surface area (Å²) in [5.74, 6) is 0. The van der Waals surface area contributed by atoms with Gasteiger partial charge in [-0.25, -0.2) is 0 Å². The van der Waals surface area contributed by atoms with Crippen LogP contribution in [0.3, 0.4) is 0 Å². The molecule has 76 heavy (non-hydrogen) atoms. The van der Waals surface area contributed by atoms with Crippen LogP contribution in [-0.4, -0.2) is 133 Å². The van der Waals surface area contributed by atoms with Gasteiger partial charge < -0.3 is 9.80 Å². The fraction of sp³-hybridized carbons (Fsp3) is 0.158. The molecule has 1 spiro atoms. The third-order valence-electron chi connectivity index (χ3n) is 14.8. The van der Waals surface area contributed by atoms with E-state index in [0.29, 0.717) is 50.7 Å². The van der Waals surface area contributed by atoms with Crippen LogP contribution in [0.2, 0.25) is 0 Å². The quantitative estimate of drug-likeness (QED) is 0.165. The van der Waals surface area contributed by atoms with Gasteiger partial charge in [-0.1, -0.05) is 168 Å². The maximum absolute atomic E-state index is 7.52. The topological polar surface area (TPSA) is 6.48 Å². The van der Waals surface area contributed by atoms with Crippen molar-refractivity contribution in [1.29, 1.82) is 0 Å². The third kappa shape index (κ3) is 8.07. The number of benzene rings is 8. The second-order valence-corrected chi connectivity index (χ2v) is 20.6. The lowest BCUT2D eigenvalue weighted by molar-refractivity contribution is 0.587. The molecule has 34 radical (unpaired) electrons. The van der Waals surface area contributed by atoms with E-state index in [0.717, 1.165) is 22.3 Å². The van der Waals surface area contributed by atoms with Crippen LogP contribution >= 0.6 is 0 Å². The number of aryl methyl sites for hydroxylation is 1. The van der Waals surface area contributed by atoms with Crippen LogP contribution in [0.15, 0.2) is 91.0 Å². The van der Waals surface area contributed by atoms with Crippen molar-refractivity contribution in [1.82, 2.24) is 0 Å². The lowest BCUT2D eigenvalue weighted by Gasteiger charge is -2.55. The molecule has 2 nitrogen and oxygen atoms in total. The molecule has 0 saturated heterocycles. The summed E-state index contributed by atoms with van der Waals surface area (Å²) in [6.45, 7) is 12.5. The lowest BCUT2D eigenvalue weighted by atomic mass is 9.49. The summed E-state index contributed by atoms with van der Waals surface area (Å²) in [5, 5.41) is 0. The van der Waals surface area contributed by atoms with Gasteiger partial charge in [-0.2, -0.15) is 0 Å². The Hall–Kier alpha value is -5.54. The minimum absolute atomic E-state index is 0.00227. The zero-order valence-electron chi connectivity index (χ0n) is 43.6. The zero-order chi connectivity index (χ0) is 55.5. The number of nitrogens with zero attached hydrogens (tertiary/aromatic N) is 2. The van der Waals surface area contributed by atoms with Crippen LogP contribution in [0.25, 0.3) is 22.3 Å². The van der Waals surface area contributed by atoms with Crippen molar-refractivity contribution < 1.29 is 0 Å². The van der Waals surface area contributed by atoms with Gasteiger partial charge in [-0.05, 0) is 86.7 Å². The molecule has 0 atom stereocenters. The summed E-state index contributed by atoms with van der Waals surface area (Å²) in [6, 6.07) is 29.8. The van der Waals surface area contributed by atoms with E-state index in [1.165, 1.54) is 6.42 Å². The number of hydrogen-bond donors (Lipinski definition) is 0. The molecule has 0 fully saturated rings. The molecule has 0 N–H and O–H groups in total. The second-order valence-electron chi connectivity index (χ2n) is 20.6. The summed E-state index contributed by atoms with van der Waals surface area (Å²) in [7, 11) is 118. The standard InChI is InChI=1S/C54H27B17N2.C3H8/c1-20-10-16-27-25(18-20)54(26-19-23(53(2,3)4)13-17-28(26)73(27)52-46(68)35(57)30(36(58)47(52)69)29-33(55)39(61)43(65)40(62)34(29)56)31-37(59)41(63)44(66)48(70)50(31)72(51-32(54)38(60)42(64)45(67)49(51)71)24-14-11-22(12-15-24)21-8-6-5-7-9-21;1-3-2/h5-19H,1-4H3;3H2,1-2H3. The van der Waals surface area contributed by atoms with Crippen LogP contribution in [0.5, 0.6) is 0 Å². The lowest BCUT2D eigenvalue weighted by Crippen LogP contribution is -2.61. The Morgan fingerprint density at radius 3 is 1.21 bits per heavy atom. The van der Waals surface area contributed by atoms with Crippen LogP contribution < -0.4 is 103 Å². The highest BCUT2D eigenvalue weighted by Crippen LogP contribution is 2.62. The smallest absolute Gasteiger partial charge is 0.115 e. The Bertz CT molecular complexity index is 3610. The summed E-state index contributed by atoms with van der Waals surface area (Å²) in [4.78, 5) is 3.78. The third-order valence-corrected chi connectivity index (χ3v) is 14.8. The van der Waals surface area contributed by atoms with E-state index < -0.39 is 10.8 Å².